The standard InChI is InChI=1S/C15H20ClNO4/c1-10(2)17(9-14(18)19)8-11-6-12(16)15-13(7-11)20-4-3-5-21-15/h6-7,10H,3-5,8-9H2,1-2H3,(H,18,19). The van der Waals surface area contributed by atoms with Crippen molar-refractivity contribution in [2.45, 2.75) is 32.9 Å². The van der Waals surface area contributed by atoms with Gasteiger partial charge in [0.1, 0.15) is 0 Å². The summed E-state index contributed by atoms with van der Waals surface area (Å²) in [5.74, 6) is 0.366. The molecule has 1 heterocycles. The Balaban J connectivity index is 2.21. The van der Waals surface area contributed by atoms with Gasteiger partial charge in [0, 0.05) is 19.0 Å². The lowest BCUT2D eigenvalue weighted by Crippen LogP contribution is -2.35. The molecule has 0 saturated heterocycles. The van der Waals surface area contributed by atoms with Gasteiger partial charge in [0.05, 0.1) is 24.8 Å². The van der Waals surface area contributed by atoms with Crippen LogP contribution in [0, 0.1) is 0 Å². The fourth-order valence-electron chi connectivity index (χ4n) is 2.20. The number of carboxylic acids is 1. The maximum absolute atomic E-state index is 10.9. The third-order valence-corrected chi connectivity index (χ3v) is 3.60. The van der Waals surface area contributed by atoms with Crippen LogP contribution in [0.4, 0.5) is 0 Å². The summed E-state index contributed by atoms with van der Waals surface area (Å²) in [5.41, 5.74) is 0.916. The Bertz CT molecular complexity index is 519. The third kappa shape index (κ3) is 4.25. The van der Waals surface area contributed by atoms with Crippen LogP contribution in [0.5, 0.6) is 11.5 Å². The topological polar surface area (TPSA) is 59.0 Å². The van der Waals surface area contributed by atoms with Crippen LogP contribution in [0.15, 0.2) is 12.1 Å². The van der Waals surface area contributed by atoms with Crippen LogP contribution in [0.2, 0.25) is 5.02 Å². The maximum Gasteiger partial charge on any atom is 0.317 e. The van der Waals surface area contributed by atoms with E-state index in [2.05, 4.69) is 0 Å². The number of benzene rings is 1. The van der Waals surface area contributed by atoms with E-state index in [9.17, 15) is 4.79 Å². The molecule has 5 nitrogen and oxygen atoms in total. The van der Waals surface area contributed by atoms with E-state index < -0.39 is 5.97 Å². The van der Waals surface area contributed by atoms with Crippen molar-refractivity contribution in [3.8, 4) is 11.5 Å². The highest BCUT2D eigenvalue weighted by atomic mass is 35.5. The number of ether oxygens (including phenoxy) is 2. The average Bonchev–Trinajstić information content (AvgIpc) is 2.63. The summed E-state index contributed by atoms with van der Waals surface area (Å²) < 4.78 is 11.2. The third-order valence-electron chi connectivity index (χ3n) is 3.32. The quantitative estimate of drug-likeness (QED) is 0.906. The lowest BCUT2D eigenvalue weighted by atomic mass is 10.1. The molecular weight excluding hydrogens is 294 g/mol. The zero-order chi connectivity index (χ0) is 15.4. The molecule has 0 aliphatic carbocycles. The summed E-state index contributed by atoms with van der Waals surface area (Å²) in [4.78, 5) is 12.8. The van der Waals surface area contributed by atoms with Gasteiger partial charge in [-0.05, 0) is 31.5 Å². The SMILES string of the molecule is CC(C)N(CC(=O)O)Cc1cc(Cl)c2c(c1)OCCCO2. The fourth-order valence-corrected chi connectivity index (χ4v) is 2.49. The van der Waals surface area contributed by atoms with Crippen LogP contribution in [0.3, 0.4) is 0 Å². The van der Waals surface area contributed by atoms with Crippen LogP contribution in [0.25, 0.3) is 0 Å². The highest BCUT2D eigenvalue weighted by Crippen LogP contribution is 2.38. The van der Waals surface area contributed by atoms with E-state index in [4.69, 9.17) is 26.2 Å². The number of carboxylic acid groups (broad SMARTS) is 1. The van der Waals surface area contributed by atoms with Gasteiger partial charge in [0.2, 0.25) is 0 Å². The number of rotatable bonds is 5. The minimum absolute atomic E-state index is 0.0102. The number of hydrogen-bond donors (Lipinski definition) is 1. The lowest BCUT2D eigenvalue weighted by Gasteiger charge is -2.25. The summed E-state index contributed by atoms with van der Waals surface area (Å²) in [6, 6.07) is 3.81. The molecule has 0 bridgehead atoms. The first-order chi connectivity index (χ1) is 9.97. The van der Waals surface area contributed by atoms with Gasteiger partial charge < -0.3 is 14.6 Å². The van der Waals surface area contributed by atoms with Crippen molar-refractivity contribution in [1.82, 2.24) is 4.90 Å². The molecule has 116 valence electrons. The molecule has 1 aromatic rings. The molecule has 2 rings (SSSR count). The first-order valence-corrected chi connectivity index (χ1v) is 7.39. The van der Waals surface area contributed by atoms with Crippen LogP contribution in [-0.4, -0.2) is 41.8 Å². The van der Waals surface area contributed by atoms with Gasteiger partial charge in [0.15, 0.2) is 11.5 Å². The Labute approximate surface area is 129 Å². The molecular formula is C15H20ClNO4. The Morgan fingerprint density at radius 2 is 2.10 bits per heavy atom. The largest absolute Gasteiger partial charge is 0.489 e. The van der Waals surface area contributed by atoms with Crippen molar-refractivity contribution < 1.29 is 19.4 Å². The number of fused-ring (bicyclic) bond motifs is 1. The van der Waals surface area contributed by atoms with Gasteiger partial charge in [-0.1, -0.05) is 11.6 Å². The van der Waals surface area contributed by atoms with E-state index in [1.807, 2.05) is 30.9 Å². The summed E-state index contributed by atoms with van der Waals surface area (Å²) in [6.45, 7) is 5.60. The smallest absolute Gasteiger partial charge is 0.317 e. The normalized spacial score (nSPS) is 14.3. The van der Waals surface area contributed by atoms with E-state index in [1.54, 1.807) is 0 Å². The Morgan fingerprint density at radius 3 is 2.76 bits per heavy atom. The highest BCUT2D eigenvalue weighted by Gasteiger charge is 2.19. The van der Waals surface area contributed by atoms with Gasteiger partial charge in [-0.25, -0.2) is 0 Å². The van der Waals surface area contributed by atoms with E-state index >= 15 is 0 Å². The molecule has 0 aromatic heterocycles. The minimum atomic E-state index is -0.843. The van der Waals surface area contributed by atoms with Gasteiger partial charge in [0.25, 0.3) is 0 Å². The molecule has 21 heavy (non-hydrogen) atoms. The Hall–Kier alpha value is -1.46. The first-order valence-electron chi connectivity index (χ1n) is 7.01. The molecule has 1 aromatic carbocycles. The maximum atomic E-state index is 10.9. The van der Waals surface area contributed by atoms with Crippen molar-refractivity contribution in [3.05, 3.63) is 22.7 Å². The molecule has 6 heteroatoms. The van der Waals surface area contributed by atoms with Crippen LogP contribution >= 0.6 is 11.6 Å². The Morgan fingerprint density at radius 1 is 1.38 bits per heavy atom. The van der Waals surface area contributed by atoms with Crippen LogP contribution in [0.1, 0.15) is 25.8 Å². The van der Waals surface area contributed by atoms with Crippen molar-refractivity contribution in [2.24, 2.45) is 0 Å². The average molecular weight is 314 g/mol. The molecule has 0 saturated carbocycles. The van der Waals surface area contributed by atoms with Gasteiger partial charge in [-0.2, -0.15) is 0 Å². The predicted molar refractivity (Wildman–Crippen MR) is 80.2 cm³/mol. The summed E-state index contributed by atoms with van der Waals surface area (Å²) in [7, 11) is 0. The van der Waals surface area contributed by atoms with Crippen LogP contribution in [-0.2, 0) is 11.3 Å². The summed E-state index contributed by atoms with van der Waals surface area (Å²) in [6.07, 6.45) is 0.817. The van der Waals surface area contributed by atoms with Crippen molar-refractivity contribution in [2.75, 3.05) is 19.8 Å². The molecule has 0 fully saturated rings. The fraction of sp³-hybridized carbons (Fsp3) is 0.533. The molecule has 1 N–H and O–H groups in total. The predicted octanol–water partition coefficient (Wildman–Crippen LogP) is 2.80. The van der Waals surface area contributed by atoms with Gasteiger partial charge >= 0.3 is 5.97 Å². The lowest BCUT2D eigenvalue weighted by molar-refractivity contribution is -0.138. The second-order valence-electron chi connectivity index (χ2n) is 5.35. The van der Waals surface area contributed by atoms with E-state index in [1.165, 1.54) is 0 Å². The summed E-state index contributed by atoms with van der Waals surface area (Å²) in [5, 5.41) is 9.49. The first kappa shape index (κ1) is 15.9. The van der Waals surface area contributed by atoms with Crippen LogP contribution < -0.4 is 9.47 Å². The monoisotopic (exact) mass is 313 g/mol. The second-order valence-corrected chi connectivity index (χ2v) is 5.76. The zero-order valence-corrected chi connectivity index (χ0v) is 13.0. The van der Waals surface area contributed by atoms with Crippen molar-refractivity contribution >= 4 is 17.6 Å². The highest BCUT2D eigenvalue weighted by molar-refractivity contribution is 6.32. The zero-order valence-electron chi connectivity index (χ0n) is 12.3. The van der Waals surface area contributed by atoms with E-state index in [0.717, 1.165) is 12.0 Å². The number of hydrogen-bond acceptors (Lipinski definition) is 4. The number of halogens is 1. The molecule has 0 unspecified atom stereocenters. The number of aliphatic carboxylic acids is 1. The van der Waals surface area contributed by atoms with Crippen molar-refractivity contribution in [1.29, 1.82) is 0 Å². The molecule has 1 aliphatic rings. The van der Waals surface area contributed by atoms with Gasteiger partial charge in [-0.15, -0.1) is 0 Å². The molecule has 0 radical (unpaired) electrons. The van der Waals surface area contributed by atoms with Gasteiger partial charge in [-0.3, -0.25) is 9.69 Å². The number of nitrogens with zero attached hydrogens (tertiary/aromatic N) is 1. The molecule has 0 amide bonds. The molecule has 0 atom stereocenters. The second kappa shape index (κ2) is 7.00. The summed E-state index contributed by atoms with van der Waals surface area (Å²) >= 11 is 6.25. The molecule has 1 aliphatic heterocycles. The molecule has 0 spiro atoms. The Kier molecular flexibility index (Phi) is 5.31. The number of carbonyl (C=O) groups is 1. The van der Waals surface area contributed by atoms with E-state index in [-0.39, 0.29) is 12.6 Å². The minimum Gasteiger partial charge on any atom is -0.489 e. The van der Waals surface area contributed by atoms with E-state index in [0.29, 0.717) is 36.3 Å². The van der Waals surface area contributed by atoms with Crippen molar-refractivity contribution in [3.63, 3.8) is 0 Å².